The number of nitrogens with one attached hydrogen (secondary N) is 1. The lowest BCUT2D eigenvalue weighted by atomic mass is 10.2. The van der Waals surface area contributed by atoms with Crippen molar-refractivity contribution in [1.29, 1.82) is 0 Å². The third-order valence-electron chi connectivity index (χ3n) is 4.52. The topological polar surface area (TPSA) is 113 Å². The summed E-state index contributed by atoms with van der Waals surface area (Å²) in [7, 11) is -5.49. The fourth-order valence-corrected chi connectivity index (χ4v) is 5.23. The molecule has 0 bridgehead atoms. The lowest BCUT2D eigenvalue weighted by Crippen LogP contribution is -2.31. The highest BCUT2D eigenvalue weighted by Gasteiger charge is 2.26. The molecule has 0 aliphatic carbocycles. The molecule has 2 aromatic carbocycles. The van der Waals surface area contributed by atoms with Crippen LogP contribution in [-0.2, 0) is 24.9 Å². The van der Waals surface area contributed by atoms with Crippen LogP contribution in [-0.4, -0.2) is 58.8 Å². The van der Waals surface area contributed by atoms with Crippen molar-refractivity contribution < 1.29 is 30.9 Å². The zero-order chi connectivity index (χ0) is 23.4. The Bertz CT molecular complexity index is 1150. The van der Waals surface area contributed by atoms with Crippen LogP contribution in [0.4, 0.5) is 10.1 Å². The van der Waals surface area contributed by atoms with E-state index in [2.05, 4.69) is 5.32 Å². The summed E-state index contributed by atoms with van der Waals surface area (Å²) in [5.41, 5.74) is 0.199. The van der Waals surface area contributed by atoms with Gasteiger partial charge in [-0.3, -0.25) is 9.63 Å². The Morgan fingerprint density at radius 3 is 2.10 bits per heavy atom. The predicted molar refractivity (Wildman–Crippen MR) is 113 cm³/mol. The summed E-state index contributed by atoms with van der Waals surface area (Å²) in [4.78, 5) is 16.6. The first-order chi connectivity index (χ1) is 14.5. The largest absolute Gasteiger partial charge is 0.322 e. The van der Waals surface area contributed by atoms with Crippen LogP contribution in [0, 0.1) is 5.82 Å². The molecule has 0 saturated heterocycles. The van der Waals surface area contributed by atoms with Crippen molar-refractivity contribution in [2.45, 2.75) is 23.6 Å². The van der Waals surface area contributed by atoms with Crippen LogP contribution < -0.4 is 5.32 Å². The minimum absolute atomic E-state index is 0.0516. The summed E-state index contributed by atoms with van der Waals surface area (Å²) in [6.07, 6.45) is 0. The SMILES string of the molecule is CCN(CC)S(=O)(=O)c1cc(C(=O)Nc2ccc(S(=O)(=O)N(C)OC)cc2)ccc1F. The van der Waals surface area contributed by atoms with Crippen molar-refractivity contribution in [2.24, 2.45) is 0 Å². The average molecular weight is 474 g/mol. The highest BCUT2D eigenvalue weighted by atomic mass is 32.2. The molecule has 0 fully saturated rings. The molecule has 2 aromatic rings. The Kier molecular flexibility index (Phi) is 7.89. The first kappa shape index (κ1) is 24.9. The van der Waals surface area contributed by atoms with Gasteiger partial charge < -0.3 is 5.32 Å². The van der Waals surface area contributed by atoms with E-state index in [0.29, 0.717) is 4.47 Å². The second-order valence-electron chi connectivity index (χ2n) is 6.31. The summed E-state index contributed by atoms with van der Waals surface area (Å²) in [6.45, 7) is 3.57. The minimum Gasteiger partial charge on any atom is -0.322 e. The number of hydrogen-bond donors (Lipinski definition) is 1. The quantitative estimate of drug-likeness (QED) is 0.559. The second-order valence-corrected chi connectivity index (χ2v) is 10.2. The Morgan fingerprint density at radius 1 is 1.00 bits per heavy atom. The molecule has 170 valence electrons. The predicted octanol–water partition coefficient (Wildman–Crippen LogP) is 2.29. The number of carbonyl (C=O) groups excluding carboxylic acids is 1. The van der Waals surface area contributed by atoms with E-state index in [4.69, 9.17) is 4.84 Å². The normalized spacial score (nSPS) is 12.4. The molecule has 12 heteroatoms. The van der Waals surface area contributed by atoms with Gasteiger partial charge in [0.15, 0.2) is 0 Å². The highest BCUT2D eigenvalue weighted by molar-refractivity contribution is 7.89. The van der Waals surface area contributed by atoms with E-state index in [1.807, 2.05) is 0 Å². The van der Waals surface area contributed by atoms with Crippen molar-refractivity contribution in [3.05, 3.63) is 53.8 Å². The van der Waals surface area contributed by atoms with Gasteiger partial charge in [-0.05, 0) is 42.5 Å². The average Bonchev–Trinajstić information content (AvgIpc) is 2.74. The molecule has 9 nitrogen and oxygen atoms in total. The van der Waals surface area contributed by atoms with Crippen LogP contribution in [0.2, 0.25) is 0 Å². The third-order valence-corrected chi connectivity index (χ3v) is 8.28. The van der Waals surface area contributed by atoms with Gasteiger partial charge in [0, 0.05) is 31.4 Å². The van der Waals surface area contributed by atoms with Crippen LogP contribution in [0.3, 0.4) is 0 Å². The number of halogens is 1. The highest BCUT2D eigenvalue weighted by Crippen LogP contribution is 2.22. The van der Waals surface area contributed by atoms with Crippen molar-refractivity contribution in [2.75, 3.05) is 32.6 Å². The first-order valence-electron chi connectivity index (χ1n) is 9.23. The van der Waals surface area contributed by atoms with E-state index in [1.165, 1.54) is 38.4 Å². The van der Waals surface area contributed by atoms with Gasteiger partial charge in [0.2, 0.25) is 10.0 Å². The lowest BCUT2D eigenvalue weighted by molar-refractivity contribution is -0.0258. The van der Waals surface area contributed by atoms with Crippen LogP contribution in [0.15, 0.2) is 52.3 Å². The zero-order valence-corrected chi connectivity index (χ0v) is 19.1. The molecule has 0 spiro atoms. The minimum atomic E-state index is -4.10. The smallest absolute Gasteiger partial charge is 0.264 e. The number of amides is 1. The molecule has 0 saturated carbocycles. The summed E-state index contributed by atoms with van der Waals surface area (Å²) < 4.78 is 65.7. The van der Waals surface area contributed by atoms with E-state index in [1.54, 1.807) is 13.8 Å². The number of rotatable bonds is 9. The summed E-state index contributed by atoms with van der Waals surface area (Å²) in [6, 6.07) is 8.35. The van der Waals surface area contributed by atoms with Gasteiger partial charge in [-0.15, -0.1) is 0 Å². The fraction of sp³-hybridized carbons (Fsp3) is 0.316. The van der Waals surface area contributed by atoms with Gasteiger partial charge in [-0.1, -0.05) is 18.3 Å². The number of hydrogen-bond acceptors (Lipinski definition) is 6. The Labute approximate surface area is 181 Å². The maximum Gasteiger partial charge on any atom is 0.264 e. The molecule has 31 heavy (non-hydrogen) atoms. The van der Waals surface area contributed by atoms with Crippen molar-refractivity contribution in [3.8, 4) is 0 Å². The molecule has 0 aromatic heterocycles. The third kappa shape index (κ3) is 5.28. The summed E-state index contributed by atoms with van der Waals surface area (Å²) in [5.74, 6) is -1.64. The maximum atomic E-state index is 14.2. The van der Waals surface area contributed by atoms with Crippen LogP contribution >= 0.6 is 0 Å². The van der Waals surface area contributed by atoms with Gasteiger partial charge in [-0.25, -0.2) is 21.2 Å². The molecule has 1 N–H and O–H groups in total. The van der Waals surface area contributed by atoms with Crippen LogP contribution in [0.25, 0.3) is 0 Å². The Morgan fingerprint density at radius 2 is 1.58 bits per heavy atom. The molecule has 0 aliphatic heterocycles. The van der Waals surface area contributed by atoms with Gasteiger partial charge >= 0.3 is 0 Å². The molecule has 1 amide bonds. The molecule has 0 heterocycles. The summed E-state index contributed by atoms with van der Waals surface area (Å²) in [5, 5.41) is 2.53. The first-order valence-corrected chi connectivity index (χ1v) is 12.1. The van der Waals surface area contributed by atoms with Crippen LogP contribution in [0.5, 0.6) is 0 Å². The van der Waals surface area contributed by atoms with Crippen molar-refractivity contribution in [3.63, 3.8) is 0 Å². The number of carbonyl (C=O) groups is 1. The maximum absolute atomic E-state index is 14.2. The van der Waals surface area contributed by atoms with E-state index in [-0.39, 0.29) is 29.2 Å². The van der Waals surface area contributed by atoms with E-state index < -0.39 is 36.7 Å². The van der Waals surface area contributed by atoms with Gasteiger partial charge in [0.05, 0.1) is 12.0 Å². The van der Waals surface area contributed by atoms with Crippen LogP contribution in [0.1, 0.15) is 24.2 Å². The monoisotopic (exact) mass is 473 g/mol. The molecule has 2 rings (SSSR count). The number of sulfonamides is 2. The van der Waals surface area contributed by atoms with Crippen molar-refractivity contribution in [1.82, 2.24) is 8.77 Å². The number of nitrogens with zero attached hydrogens (tertiary/aromatic N) is 2. The van der Waals surface area contributed by atoms with Gasteiger partial charge in [0.1, 0.15) is 10.7 Å². The molecule has 0 radical (unpaired) electrons. The lowest BCUT2D eigenvalue weighted by Gasteiger charge is -2.19. The number of hydroxylamine groups is 1. The van der Waals surface area contributed by atoms with Gasteiger partial charge in [0.25, 0.3) is 15.9 Å². The molecule has 0 aliphatic rings. The second kappa shape index (κ2) is 9.83. The molecular weight excluding hydrogens is 449 g/mol. The van der Waals surface area contributed by atoms with E-state index >= 15 is 0 Å². The fourth-order valence-electron chi connectivity index (χ4n) is 2.70. The summed E-state index contributed by atoms with van der Waals surface area (Å²) >= 11 is 0. The van der Waals surface area contributed by atoms with Crippen molar-refractivity contribution >= 4 is 31.6 Å². The Hall–Kier alpha value is -2.38. The molecule has 0 atom stereocenters. The number of benzene rings is 2. The molecule has 0 unspecified atom stereocenters. The van der Waals surface area contributed by atoms with E-state index in [9.17, 15) is 26.0 Å². The molecular formula is C19H24FN3O6S2. The Balaban J connectivity index is 2.29. The number of anilines is 1. The van der Waals surface area contributed by atoms with E-state index in [0.717, 1.165) is 22.5 Å². The standard InChI is InChI=1S/C19H24FN3O6S2/c1-5-23(6-2)31(27,28)18-13-14(7-12-17(18)20)19(24)21-15-8-10-16(11-9-15)30(25,26)22(3)29-4/h7-13H,5-6H2,1-4H3,(H,21,24). The zero-order valence-electron chi connectivity index (χ0n) is 17.5. The van der Waals surface area contributed by atoms with Gasteiger partial charge in [-0.2, -0.15) is 4.31 Å².